The Balaban J connectivity index is 2.22. The summed E-state index contributed by atoms with van der Waals surface area (Å²) in [6.07, 6.45) is 6.33. The molecule has 2 rings (SSSR count). The van der Waals surface area contributed by atoms with Gasteiger partial charge in [-0.3, -0.25) is 14.4 Å². The minimum Gasteiger partial charge on any atom is -0.331 e. The zero-order valence-corrected chi connectivity index (χ0v) is 8.51. The van der Waals surface area contributed by atoms with Crippen LogP contribution in [-0.2, 0) is 7.05 Å². The van der Waals surface area contributed by atoms with Gasteiger partial charge in [-0.2, -0.15) is 5.10 Å². The Hall–Kier alpha value is -2.11. The van der Waals surface area contributed by atoms with Crippen LogP contribution in [0.1, 0.15) is 10.4 Å². The summed E-state index contributed by atoms with van der Waals surface area (Å²) < 4.78 is 1.59. The summed E-state index contributed by atoms with van der Waals surface area (Å²) in [5.74, 6) is 0.538. The number of aromatic amines is 1. The number of hydrogen-bond donors (Lipinski definition) is 1. The van der Waals surface area contributed by atoms with Gasteiger partial charge in [-0.1, -0.05) is 0 Å². The Morgan fingerprint density at radius 3 is 2.87 bits per heavy atom. The highest BCUT2D eigenvalue weighted by atomic mass is 16.2. The number of rotatable bonds is 2. The topological polar surface area (TPSA) is 66.8 Å². The van der Waals surface area contributed by atoms with E-state index in [9.17, 15) is 4.79 Å². The highest BCUT2D eigenvalue weighted by Gasteiger charge is 2.15. The van der Waals surface area contributed by atoms with Crippen molar-refractivity contribution in [2.75, 3.05) is 11.9 Å². The van der Waals surface area contributed by atoms with E-state index >= 15 is 0 Å². The van der Waals surface area contributed by atoms with E-state index in [4.69, 9.17) is 0 Å². The Kier molecular flexibility index (Phi) is 2.24. The quantitative estimate of drug-likeness (QED) is 0.772. The van der Waals surface area contributed by atoms with Crippen LogP contribution in [0.5, 0.6) is 0 Å². The number of carbonyl (C=O) groups excluding carboxylic acids is 1. The van der Waals surface area contributed by atoms with Crippen LogP contribution in [0.2, 0.25) is 0 Å². The summed E-state index contributed by atoms with van der Waals surface area (Å²) in [4.78, 5) is 20.1. The fourth-order valence-corrected chi connectivity index (χ4v) is 1.27. The van der Waals surface area contributed by atoms with Crippen molar-refractivity contribution in [3.63, 3.8) is 0 Å². The van der Waals surface area contributed by atoms with Crippen LogP contribution >= 0.6 is 0 Å². The molecule has 0 radical (unpaired) electrons. The van der Waals surface area contributed by atoms with Crippen molar-refractivity contribution in [1.82, 2.24) is 19.7 Å². The number of nitrogens with one attached hydrogen (secondary N) is 1. The fraction of sp³-hybridized carbons (Fsp3) is 0.222. The van der Waals surface area contributed by atoms with E-state index in [2.05, 4.69) is 15.1 Å². The molecule has 0 saturated carbocycles. The number of aryl methyl sites for hydroxylation is 1. The highest BCUT2D eigenvalue weighted by molar-refractivity contribution is 6.04. The summed E-state index contributed by atoms with van der Waals surface area (Å²) in [6.45, 7) is 0. The lowest BCUT2D eigenvalue weighted by Crippen LogP contribution is -2.26. The average molecular weight is 205 g/mol. The largest absolute Gasteiger partial charge is 0.331 e. The predicted molar refractivity (Wildman–Crippen MR) is 54.5 cm³/mol. The first-order valence-electron chi connectivity index (χ1n) is 4.43. The molecule has 2 heterocycles. The highest BCUT2D eigenvalue weighted by Crippen LogP contribution is 2.10. The number of H-pyrrole nitrogens is 1. The molecule has 2 aromatic heterocycles. The van der Waals surface area contributed by atoms with Gasteiger partial charge < -0.3 is 4.98 Å². The standard InChI is InChI=1S/C9H11N5O/c1-13-5-7(3-12-13)9(15)14(2)8-4-10-6-11-8/h3-6H,1-2H3,(H,10,11). The lowest BCUT2D eigenvalue weighted by atomic mass is 10.3. The molecule has 0 aliphatic carbocycles. The molecule has 0 saturated heterocycles. The SMILES string of the molecule is CN(C(=O)c1cnn(C)c1)c1cnc[nH]1. The summed E-state index contributed by atoms with van der Waals surface area (Å²) >= 11 is 0. The van der Waals surface area contributed by atoms with Gasteiger partial charge in [-0.15, -0.1) is 0 Å². The van der Waals surface area contributed by atoms with Gasteiger partial charge in [-0.25, -0.2) is 4.98 Å². The normalized spacial score (nSPS) is 10.3. The molecule has 0 bridgehead atoms. The number of hydrogen-bond acceptors (Lipinski definition) is 3. The lowest BCUT2D eigenvalue weighted by Gasteiger charge is -2.12. The summed E-state index contributed by atoms with van der Waals surface area (Å²) in [5.41, 5.74) is 0.551. The second-order valence-electron chi connectivity index (χ2n) is 3.20. The van der Waals surface area contributed by atoms with Crippen molar-refractivity contribution in [1.29, 1.82) is 0 Å². The van der Waals surface area contributed by atoms with E-state index in [-0.39, 0.29) is 5.91 Å². The first-order valence-corrected chi connectivity index (χ1v) is 4.43. The van der Waals surface area contributed by atoms with Gasteiger partial charge in [0.05, 0.1) is 24.3 Å². The van der Waals surface area contributed by atoms with Gasteiger partial charge in [0.1, 0.15) is 5.82 Å². The summed E-state index contributed by atoms with van der Waals surface area (Å²) in [5, 5.41) is 3.94. The first kappa shape index (κ1) is 9.45. The molecule has 6 nitrogen and oxygen atoms in total. The maximum Gasteiger partial charge on any atom is 0.262 e. The Morgan fingerprint density at radius 2 is 2.33 bits per heavy atom. The third-order valence-electron chi connectivity index (χ3n) is 2.10. The smallest absolute Gasteiger partial charge is 0.262 e. The van der Waals surface area contributed by atoms with Gasteiger partial charge in [0.2, 0.25) is 0 Å². The van der Waals surface area contributed by atoms with Gasteiger partial charge in [0.25, 0.3) is 5.91 Å². The molecule has 1 amide bonds. The monoisotopic (exact) mass is 205 g/mol. The van der Waals surface area contributed by atoms with Crippen molar-refractivity contribution < 1.29 is 4.79 Å². The van der Waals surface area contributed by atoms with Gasteiger partial charge in [0.15, 0.2) is 0 Å². The second kappa shape index (κ2) is 3.56. The Labute approximate surface area is 86.5 Å². The van der Waals surface area contributed by atoms with E-state index in [1.807, 2.05) is 0 Å². The van der Waals surface area contributed by atoms with Crippen molar-refractivity contribution in [3.8, 4) is 0 Å². The van der Waals surface area contributed by atoms with Gasteiger partial charge in [-0.05, 0) is 0 Å². The van der Waals surface area contributed by atoms with Crippen molar-refractivity contribution in [2.45, 2.75) is 0 Å². The van der Waals surface area contributed by atoms with Crippen LogP contribution in [0.15, 0.2) is 24.9 Å². The third-order valence-corrected chi connectivity index (χ3v) is 2.10. The number of nitrogens with zero attached hydrogens (tertiary/aromatic N) is 4. The predicted octanol–water partition coefficient (Wildman–Crippen LogP) is 0.420. The molecule has 0 aliphatic heterocycles. The number of anilines is 1. The van der Waals surface area contributed by atoms with E-state index in [0.717, 1.165) is 0 Å². The maximum atomic E-state index is 11.9. The lowest BCUT2D eigenvalue weighted by molar-refractivity contribution is 0.0992. The second-order valence-corrected chi connectivity index (χ2v) is 3.20. The van der Waals surface area contributed by atoms with Crippen LogP contribution in [-0.4, -0.2) is 32.7 Å². The van der Waals surface area contributed by atoms with Gasteiger partial charge >= 0.3 is 0 Å². The molecule has 2 aromatic rings. The molecule has 0 aromatic carbocycles. The zero-order chi connectivity index (χ0) is 10.8. The average Bonchev–Trinajstić information content (AvgIpc) is 2.85. The van der Waals surface area contributed by atoms with Crippen LogP contribution in [0.4, 0.5) is 5.82 Å². The minimum atomic E-state index is -0.118. The molecule has 1 N–H and O–H groups in total. The molecule has 0 fully saturated rings. The maximum absolute atomic E-state index is 11.9. The van der Waals surface area contributed by atoms with Crippen LogP contribution in [0.25, 0.3) is 0 Å². The van der Waals surface area contributed by atoms with Crippen molar-refractivity contribution in [3.05, 3.63) is 30.5 Å². The van der Waals surface area contributed by atoms with Gasteiger partial charge in [0, 0.05) is 20.3 Å². The molecule has 78 valence electrons. The van der Waals surface area contributed by atoms with Crippen LogP contribution < -0.4 is 4.90 Å². The molecule has 0 unspecified atom stereocenters. The molecule has 0 spiro atoms. The van der Waals surface area contributed by atoms with E-state index in [0.29, 0.717) is 11.4 Å². The van der Waals surface area contributed by atoms with Crippen molar-refractivity contribution in [2.24, 2.45) is 7.05 Å². The molecular formula is C9H11N5O. The Bertz CT molecular complexity index is 459. The van der Waals surface area contributed by atoms with Crippen molar-refractivity contribution >= 4 is 11.7 Å². The van der Waals surface area contributed by atoms with E-state index in [1.165, 1.54) is 17.4 Å². The van der Waals surface area contributed by atoms with Crippen LogP contribution in [0, 0.1) is 0 Å². The first-order chi connectivity index (χ1) is 7.18. The molecule has 0 aliphatic rings. The Morgan fingerprint density at radius 1 is 1.53 bits per heavy atom. The van der Waals surface area contributed by atoms with Crippen LogP contribution in [0.3, 0.4) is 0 Å². The van der Waals surface area contributed by atoms with E-state index < -0.39 is 0 Å². The third kappa shape index (κ3) is 1.74. The zero-order valence-electron chi connectivity index (χ0n) is 8.51. The number of aromatic nitrogens is 4. The molecule has 0 atom stereocenters. The molecule has 6 heteroatoms. The number of amides is 1. The summed E-state index contributed by atoms with van der Waals surface area (Å²) in [7, 11) is 3.45. The number of imidazole rings is 1. The molecule has 15 heavy (non-hydrogen) atoms. The minimum absolute atomic E-state index is 0.118. The van der Waals surface area contributed by atoms with E-state index in [1.54, 1.807) is 31.2 Å². The summed E-state index contributed by atoms with van der Waals surface area (Å²) in [6, 6.07) is 0. The fourth-order valence-electron chi connectivity index (χ4n) is 1.27. The molecular weight excluding hydrogens is 194 g/mol. The number of carbonyl (C=O) groups is 1.